The summed E-state index contributed by atoms with van der Waals surface area (Å²) in [6, 6.07) is 2.22. The number of amides is 1. The molecule has 1 aromatic carbocycles. The van der Waals surface area contributed by atoms with Gasteiger partial charge in [0.05, 0.1) is 5.92 Å². The van der Waals surface area contributed by atoms with Gasteiger partial charge in [0.2, 0.25) is 5.91 Å². The van der Waals surface area contributed by atoms with Gasteiger partial charge in [-0.25, -0.2) is 8.78 Å². The number of rotatable bonds is 1. The Bertz CT molecular complexity index is 573. The molecule has 4 heteroatoms. The fourth-order valence-electron chi connectivity index (χ4n) is 2.72. The van der Waals surface area contributed by atoms with Gasteiger partial charge in [-0.2, -0.15) is 0 Å². The highest BCUT2D eigenvalue weighted by molar-refractivity contribution is 5.86. The number of carbonyl (C=O) groups excluding carboxylic acids is 1. The van der Waals surface area contributed by atoms with Gasteiger partial charge in [0.15, 0.2) is 0 Å². The maximum absolute atomic E-state index is 14.2. The molecule has 0 aliphatic carbocycles. The Morgan fingerprint density at radius 2 is 1.85 bits per heavy atom. The molecule has 1 atom stereocenters. The van der Waals surface area contributed by atoms with Gasteiger partial charge in [-0.05, 0) is 30.4 Å². The molecular formula is C16H19F2NO. The number of hydrogen-bond acceptors (Lipinski definition) is 1. The lowest BCUT2D eigenvalue weighted by Crippen LogP contribution is -2.35. The highest BCUT2D eigenvalue weighted by Crippen LogP contribution is 2.38. The summed E-state index contributed by atoms with van der Waals surface area (Å²) >= 11 is 0. The topological polar surface area (TPSA) is 29.1 Å². The van der Waals surface area contributed by atoms with Crippen LogP contribution < -0.4 is 5.32 Å². The maximum atomic E-state index is 14.2. The molecule has 1 aromatic rings. The molecule has 1 unspecified atom stereocenters. The average molecular weight is 279 g/mol. The van der Waals surface area contributed by atoms with Crippen molar-refractivity contribution in [2.75, 3.05) is 0 Å². The first kappa shape index (κ1) is 14.7. The van der Waals surface area contributed by atoms with E-state index < -0.39 is 23.0 Å². The maximum Gasteiger partial charge on any atom is 0.231 e. The van der Waals surface area contributed by atoms with Crippen LogP contribution in [0.2, 0.25) is 0 Å². The van der Waals surface area contributed by atoms with Crippen LogP contribution in [-0.2, 0) is 10.2 Å². The van der Waals surface area contributed by atoms with Crippen LogP contribution in [0.15, 0.2) is 24.4 Å². The predicted molar refractivity (Wildman–Crippen MR) is 74.3 cm³/mol. The molecule has 1 heterocycles. The Morgan fingerprint density at radius 1 is 1.25 bits per heavy atom. The zero-order valence-corrected chi connectivity index (χ0v) is 12.0. The summed E-state index contributed by atoms with van der Waals surface area (Å²) in [6.07, 6.45) is 1.03. The van der Waals surface area contributed by atoms with Crippen molar-refractivity contribution in [3.05, 3.63) is 47.2 Å². The molecule has 2 nitrogen and oxygen atoms in total. The fourth-order valence-corrected chi connectivity index (χ4v) is 2.72. The van der Waals surface area contributed by atoms with Crippen molar-refractivity contribution >= 4 is 5.91 Å². The number of nitrogens with one attached hydrogen (secondary N) is 1. The van der Waals surface area contributed by atoms with Crippen LogP contribution in [0.5, 0.6) is 0 Å². The zero-order valence-electron chi connectivity index (χ0n) is 12.0. The molecule has 1 saturated heterocycles. The molecule has 108 valence electrons. The van der Waals surface area contributed by atoms with Gasteiger partial charge in [-0.15, -0.1) is 0 Å². The van der Waals surface area contributed by atoms with E-state index in [1.54, 1.807) is 0 Å². The number of allylic oxidation sites excluding steroid dienone is 1. The van der Waals surface area contributed by atoms with Crippen molar-refractivity contribution in [3.63, 3.8) is 0 Å². The van der Waals surface area contributed by atoms with Gasteiger partial charge in [0, 0.05) is 16.8 Å². The predicted octanol–water partition coefficient (Wildman–Crippen LogP) is 3.77. The van der Waals surface area contributed by atoms with Crippen molar-refractivity contribution in [1.29, 1.82) is 0 Å². The fraction of sp³-hybridized carbons (Fsp3) is 0.438. The summed E-state index contributed by atoms with van der Waals surface area (Å²) in [5.41, 5.74) is 0.518. The lowest BCUT2D eigenvalue weighted by molar-refractivity contribution is -0.123. The molecule has 1 aliphatic rings. The van der Waals surface area contributed by atoms with E-state index in [9.17, 15) is 13.6 Å². The van der Waals surface area contributed by atoms with E-state index in [2.05, 4.69) is 11.9 Å². The first-order chi connectivity index (χ1) is 9.21. The first-order valence-corrected chi connectivity index (χ1v) is 6.69. The number of carbonyl (C=O) groups is 1. The third-order valence-corrected chi connectivity index (χ3v) is 3.59. The van der Waals surface area contributed by atoms with E-state index in [-0.39, 0.29) is 17.0 Å². The molecule has 1 amide bonds. The van der Waals surface area contributed by atoms with Crippen LogP contribution >= 0.6 is 0 Å². The number of piperidine rings is 1. The van der Waals surface area contributed by atoms with Crippen LogP contribution in [-0.4, -0.2) is 5.91 Å². The second-order valence-electron chi connectivity index (χ2n) is 6.25. The van der Waals surface area contributed by atoms with Gasteiger partial charge in [0.25, 0.3) is 0 Å². The largest absolute Gasteiger partial charge is 0.330 e. The Hall–Kier alpha value is -1.71. The molecule has 1 N–H and O–H groups in total. The van der Waals surface area contributed by atoms with Gasteiger partial charge < -0.3 is 5.32 Å². The molecule has 0 saturated carbocycles. The van der Waals surface area contributed by atoms with Gasteiger partial charge in [-0.3, -0.25) is 4.79 Å². The Morgan fingerprint density at radius 3 is 2.40 bits per heavy atom. The lowest BCUT2D eigenvalue weighted by Gasteiger charge is -2.30. The van der Waals surface area contributed by atoms with Gasteiger partial charge in [-0.1, -0.05) is 27.4 Å². The minimum atomic E-state index is -0.662. The van der Waals surface area contributed by atoms with Crippen LogP contribution in [0.4, 0.5) is 8.78 Å². The summed E-state index contributed by atoms with van der Waals surface area (Å²) in [7, 11) is 0. The SMILES string of the molecule is C=C1CCC(c2c(F)ccc(F)c2C(C)(C)C)C(=O)N1. The summed E-state index contributed by atoms with van der Waals surface area (Å²) in [5, 5.41) is 2.63. The molecule has 0 spiro atoms. The zero-order chi connectivity index (χ0) is 15.1. The highest BCUT2D eigenvalue weighted by Gasteiger charge is 2.34. The van der Waals surface area contributed by atoms with Crippen molar-refractivity contribution in [2.24, 2.45) is 0 Å². The molecule has 2 rings (SSSR count). The minimum Gasteiger partial charge on any atom is -0.330 e. The van der Waals surface area contributed by atoms with Crippen LogP contribution in [0.25, 0.3) is 0 Å². The monoisotopic (exact) mass is 279 g/mol. The van der Waals surface area contributed by atoms with Crippen LogP contribution in [0.3, 0.4) is 0 Å². The van der Waals surface area contributed by atoms with E-state index in [0.717, 1.165) is 12.1 Å². The first-order valence-electron chi connectivity index (χ1n) is 6.69. The van der Waals surface area contributed by atoms with Gasteiger partial charge >= 0.3 is 0 Å². The van der Waals surface area contributed by atoms with Crippen molar-refractivity contribution in [1.82, 2.24) is 5.32 Å². The standard InChI is InChI=1S/C16H19F2NO/c1-9-5-6-10(15(20)19-9)13-11(17)7-8-12(18)14(13)16(2,3)4/h7-8,10H,1,5-6H2,2-4H3,(H,19,20). The number of benzene rings is 1. The number of halogens is 2. The quantitative estimate of drug-likeness (QED) is 0.833. The van der Waals surface area contributed by atoms with Crippen LogP contribution in [0.1, 0.15) is 50.7 Å². The molecular weight excluding hydrogens is 260 g/mol. The van der Waals surface area contributed by atoms with E-state index in [1.165, 1.54) is 0 Å². The second kappa shape index (κ2) is 5.00. The summed E-state index contributed by atoms with van der Waals surface area (Å²) in [4.78, 5) is 12.1. The van der Waals surface area contributed by atoms with E-state index in [4.69, 9.17) is 0 Å². The molecule has 0 aromatic heterocycles. The lowest BCUT2D eigenvalue weighted by atomic mass is 9.77. The third-order valence-electron chi connectivity index (χ3n) is 3.59. The minimum absolute atomic E-state index is 0.183. The molecule has 1 aliphatic heterocycles. The van der Waals surface area contributed by atoms with Crippen molar-refractivity contribution < 1.29 is 13.6 Å². The van der Waals surface area contributed by atoms with E-state index in [0.29, 0.717) is 18.5 Å². The van der Waals surface area contributed by atoms with Crippen molar-refractivity contribution in [3.8, 4) is 0 Å². The van der Waals surface area contributed by atoms with Gasteiger partial charge in [0.1, 0.15) is 11.6 Å². The molecule has 20 heavy (non-hydrogen) atoms. The van der Waals surface area contributed by atoms with E-state index in [1.807, 2.05) is 20.8 Å². The Kier molecular flexibility index (Phi) is 3.67. The van der Waals surface area contributed by atoms with E-state index >= 15 is 0 Å². The summed E-state index contributed by atoms with van der Waals surface area (Å²) in [6.45, 7) is 9.14. The Labute approximate surface area is 117 Å². The molecule has 1 fully saturated rings. The van der Waals surface area contributed by atoms with Crippen molar-refractivity contribution in [2.45, 2.75) is 44.9 Å². The van der Waals surface area contributed by atoms with Crippen LogP contribution in [0, 0.1) is 11.6 Å². The normalized spacial score (nSPS) is 19.9. The third kappa shape index (κ3) is 2.60. The summed E-state index contributed by atoms with van der Waals surface area (Å²) < 4.78 is 28.4. The number of hydrogen-bond donors (Lipinski definition) is 1. The molecule has 0 bridgehead atoms. The Balaban J connectivity index is 2.59. The average Bonchev–Trinajstić information content (AvgIpc) is 2.31. The highest BCUT2D eigenvalue weighted by atomic mass is 19.1. The second-order valence-corrected chi connectivity index (χ2v) is 6.25. The smallest absolute Gasteiger partial charge is 0.231 e. The molecule has 0 radical (unpaired) electrons. The summed E-state index contributed by atoms with van der Waals surface area (Å²) in [5.74, 6) is -1.96.